The van der Waals surface area contributed by atoms with Crippen LogP contribution in [0.25, 0.3) is 0 Å². The minimum Gasteiger partial charge on any atom is -0.504 e. The molecular weight excluding hydrogens is 214 g/mol. The van der Waals surface area contributed by atoms with E-state index >= 15 is 0 Å². The zero-order valence-corrected chi connectivity index (χ0v) is 9.46. The van der Waals surface area contributed by atoms with E-state index in [0.717, 1.165) is 37.8 Å². The van der Waals surface area contributed by atoms with E-state index in [1.807, 2.05) is 6.07 Å². The Hall–Kier alpha value is -0.930. The van der Waals surface area contributed by atoms with Gasteiger partial charge in [0.15, 0.2) is 11.5 Å². The molecule has 4 heteroatoms. The number of unbranched alkanes of at least 4 members (excludes halogenated alkanes) is 2. The predicted octanol–water partition coefficient (Wildman–Crippen LogP) is 2.19. The monoisotopic (exact) mass is 231 g/mol. The Balaban J connectivity index is 0.00000196. The molecule has 0 atom stereocenters. The third kappa shape index (κ3) is 4.91. The number of phenolic OH excluding ortho intramolecular Hbond substituents is 2. The molecule has 0 aliphatic heterocycles. The van der Waals surface area contributed by atoms with Crippen LogP contribution in [0.4, 0.5) is 0 Å². The molecule has 0 spiro atoms. The fourth-order valence-electron chi connectivity index (χ4n) is 1.37. The van der Waals surface area contributed by atoms with E-state index in [4.69, 9.17) is 10.8 Å². The van der Waals surface area contributed by atoms with Crippen molar-refractivity contribution in [1.29, 1.82) is 0 Å². The third-order valence-electron chi connectivity index (χ3n) is 2.21. The van der Waals surface area contributed by atoms with E-state index in [-0.39, 0.29) is 23.9 Å². The highest BCUT2D eigenvalue weighted by molar-refractivity contribution is 5.85. The Morgan fingerprint density at radius 2 is 1.73 bits per heavy atom. The van der Waals surface area contributed by atoms with Crippen molar-refractivity contribution >= 4 is 12.4 Å². The SMILES string of the molecule is Cl.NCCCCCc1ccc(O)c(O)c1. The van der Waals surface area contributed by atoms with Gasteiger partial charge in [-0.25, -0.2) is 0 Å². The van der Waals surface area contributed by atoms with Gasteiger partial charge in [-0.3, -0.25) is 0 Å². The van der Waals surface area contributed by atoms with Crippen LogP contribution < -0.4 is 5.73 Å². The first-order valence-corrected chi connectivity index (χ1v) is 4.95. The van der Waals surface area contributed by atoms with Crippen molar-refractivity contribution in [2.45, 2.75) is 25.7 Å². The minimum absolute atomic E-state index is 0. The highest BCUT2D eigenvalue weighted by Gasteiger charge is 2.00. The Bertz CT molecular complexity index is 292. The molecule has 3 nitrogen and oxygen atoms in total. The van der Waals surface area contributed by atoms with Crippen molar-refractivity contribution in [3.05, 3.63) is 23.8 Å². The number of hydrogen-bond donors (Lipinski definition) is 3. The Morgan fingerprint density at radius 1 is 1.00 bits per heavy atom. The van der Waals surface area contributed by atoms with Gasteiger partial charge in [0.25, 0.3) is 0 Å². The standard InChI is InChI=1S/C11H17NO2.ClH/c12-7-3-1-2-4-9-5-6-10(13)11(14)8-9;/h5-6,8,13-14H,1-4,7,12H2;1H. The number of rotatable bonds is 5. The molecule has 1 aromatic carbocycles. The number of hydrogen-bond acceptors (Lipinski definition) is 3. The van der Waals surface area contributed by atoms with E-state index < -0.39 is 0 Å². The van der Waals surface area contributed by atoms with Crippen molar-refractivity contribution in [3.8, 4) is 11.5 Å². The summed E-state index contributed by atoms with van der Waals surface area (Å²) in [5.74, 6) is -0.1000. The molecule has 0 radical (unpaired) electrons. The summed E-state index contributed by atoms with van der Waals surface area (Å²) in [6.45, 7) is 0.737. The van der Waals surface area contributed by atoms with Crippen LogP contribution in [0.5, 0.6) is 11.5 Å². The summed E-state index contributed by atoms with van der Waals surface area (Å²) in [4.78, 5) is 0. The summed E-state index contributed by atoms with van der Waals surface area (Å²) in [6, 6.07) is 4.96. The van der Waals surface area contributed by atoms with Crippen molar-refractivity contribution in [1.82, 2.24) is 0 Å². The molecular formula is C11H18ClNO2. The maximum Gasteiger partial charge on any atom is 0.157 e. The summed E-state index contributed by atoms with van der Waals surface area (Å²) in [5, 5.41) is 18.3. The molecule has 0 heterocycles. The van der Waals surface area contributed by atoms with Gasteiger partial charge >= 0.3 is 0 Å². The Labute approximate surface area is 96.3 Å². The Kier molecular flexibility index (Phi) is 6.92. The average Bonchev–Trinajstić information content (AvgIpc) is 2.18. The molecule has 1 aromatic rings. The van der Waals surface area contributed by atoms with Gasteiger partial charge in [-0.05, 0) is 43.5 Å². The van der Waals surface area contributed by atoms with Crippen LogP contribution in [-0.4, -0.2) is 16.8 Å². The lowest BCUT2D eigenvalue weighted by molar-refractivity contribution is 0.403. The van der Waals surface area contributed by atoms with Crippen LogP contribution in [0.15, 0.2) is 18.2 Å². The van der Waals surface area contributed by atoms with E-state index in [1.165, 1.54) is 6.07 Å². The molecule has 0 aliphatic carbocycles. The van der Waals surface area contributed by atoms with Gasteiger partial charge in [0.05, 0.1) is 0 Å². The number of benzene rings is 1. The highest BCUT2D eigenvalue weighted by atomic mass is 35.5. The number of halogens is 1. The molecule has 4 N–H and O–H groups in total. The average molecular weight is 232 g/mol. The molecule has 0 fully saturated rings. The van der Waals surface area contributed by atoms with Crippen LogP contribution >= 0.6 is 12.4 Å². The van der Waals surface area contributed by atoms with Crippen molar-refractivity contribution in [2.24, 2.45) is 5.73 Å². The van der Waals surface area contributed by atoms with Crippen molar-refractivity contribution in [3.63, 3.8) is 0 Å². The summed E-state index contributed by atoms with van der Waals surface area (Å²) in [6.07, 6.45) is 4.15. The predicted molar refractivity (Wildman–Crippen MR) is 63.6 cm³/mol. The van der Waals surface area contributed by atoms with Crippen LogP contribution in [0.2, 0.25) is 0 Å². The number of aromatic hydroxyl groups is 2. The van der Waals surface area contributed by atoms with Crippen molar-refractivity contribution < 1.29 is 10.2 Å². The fourth-order valence-corrected chi connectivity index (χ4v) is 1.37. The molecule has 0 aliphatic rings. The molecule has 0 saturated carbocycles. The molecule has 86 valence electrons. The number of aryl methyl sites for hydroxylation is 1. The molecule has 0 saturated heterocycles. The van der Waals surface area contributed by atoms with Crippen LogP contribution in [0, 0.1) is 0 Å². The first kappa shape index (κ1) is 14.1. The van der Waals surface area contributed by atoms with Gasteiger partial charge in [0, 0.05) is 0 Å². The smallest absolute Gasteiger partial charge is 0.157 e. The maximum absolute atomic E-state index is 9.23. The molecule has 1 rings (SSSR count). The summed E-state index contributed by atoms with van der Waals surface area (Å²) >= 11 is 0. The second kappa shape index (κ2) is 7.37. The van der Waals surface area contributed by atoms with Crippen LogP contribution in [0.1, 0.15) is 24.8 Å². The van der Waals surface area contributed by atoms with E-state index in [2.05, 4.69) is 0 Å². The van der Waals surface area contributed by atoms with Gasteiger partial charge in [0.2, 0.25) is 0 Å². The quantitative estimate of drug-likeness (QED) is 0.538. The van der Waals surface area contributed by atoms with Crippen LogP contribution in [0.3, 0.4) is 0 Å². The maximum atomic E-state index is 9.23. The first-order valence-electron chi connectivity index (χ1n) is 4.95. The summed E-state index contributed by atoms with van der Waals surface area (Å²) in [7, 11) is 0. The van der Waals surface area contributed by atoms with Gasteiger partial charge in [0.1, 0.15) is 0 Å². The van der Waals surface area contributed by atoms with Gasteiger partial charge in [-0.15, -0.1) is 12.4 Å². The molecule has 0 unspecified atom stereocenters. The van der Waals surface area contributed by atoms with E-state index in [0.29, 0.717) is 0 Å². The summed E-state index contributed by atoms with van der Waals surface area (Å²) in [5.41, 5.74) is 6.43. The van der Waals surface area contributed by atoms with E-state index in [9.17, 15) is 5.11 Å². The topological polar surface area (TPSA) is 66.5 Å². The lowest BCUT2D eigenvalue weighted by atomic mass is 10.1. The number of nitrogens with two attached hydrogens (primary N) is 1. The minimum atomic E-state index is -0.0595. The highest BCUT2D eigenvalue weighted by Crippen LogP contribution is 2.25. The fraction of sp³-hybridized carbons (Fsp3) is 0.455. The Morgan fingerprint density at radius 3 is 2.33 bits per heavy atom. The lowest BCUT2D eigenvalue weighted by Crippen LogP contribution is -1.98. The van der Waals surface area contributed by atoms with E-state index in [1.54, 1.807) is 6.07 Å². The van der Waals surface area contributed by atoms with Gasteiger partial charge < -0.3 is 15.9 Å². The first-order chi connectivity index (χ1) is 6.74. The molecule has 0 aromatic heterocycles. The summed E-state index contributed by atoms with van der Waals surface area (Å²) < 4.78 is 0. The second-order valence-corrected chi connectivity index (χ2v) is 3.42. The normalized spacial score (nSPS) is 9.67. The molecule has 0 amide bonds. The van der Waals surface area contributed by atoms with Crippen LogP contribution in [-0.2, 0) is 6.42 Å². The third-order valence-corrected chi connectivity index (χ3v) is 2.21. The zero-order valence-electron chi connectivity index (χ0n) is 8.65. The lowest BCUT2D eigenvalue weighted by Gasteiger charge is -2.03. The zero-order chi connectivity index (χ0) is 10.4. The second-order valence-electron chi connectivity index (χ2n) is 3.42. The number of phenols is 2. The van der Waals surface area contributed by atoms with Crippen molar-refractivity contribution in [2.75, 3.05) is 6.54 Å². The van der Waals surface area contributed by atoms with Gasteiger partial charge in [-0.1, -0.05) is 12.5 Å². The molecule has 15 heavy (non-hydrogen) atoms. The molecule has 0 bridgehead atoms. The van der Waals surface area contributed by atoms with Gasteiger partial charge in [-0.2, -0.15) is 0 Å². The largest absolute Gasteiger partial charge is 0.504 e.